The molecule has 0 bridgehead atoms. The number of benzene rings is 2. The third-order valence-corrected chi connectivity index (χ3v) is 4.26. The van der Waals surface area contributed by atoms with E-state index >= 15 is 0 Å². The quantitative estimate of drug-likeness (QED) is 0.717. The smallest absolute Gasteiger partial charge is 0.322 e. The highest BCUT2D eigenvalue weighted by molar-refractivity contribution is 7.98. The molecular weight excluding hydrogens is 322 g/mol. The van der Waals surface area contributed by atoms with Crippen LogP contribution in [-0.2, 0) is 0 Å². The lowest BCUT2D eigenvalue weighted by molar-refractivity contribution is 0.102. The third-order valence-electron chi connectivity index (χ3n) is 3.47. The van der Waals surface area contributed by atoms with Gasteiger partial charge in [0.25, 0.3) is 5.91 Å². The van der Waals surface area contributed by atoms with Gasteiger partial charge in [-0.05, 0) is 44.4 Å². The molecule has 0 radical (unpaired) electrons. The number of anilines is 1. The van der Waals surface area contributed by atoms with Gasteiger partial charge in [-0.2, -0.15) is 0 Å². The second-order valence-electron chi connectivity index (χ2n) is 5.44. The number of nitrogens with one attached hydrogen (secondary N) is 1. The number of aryl methyl sites for hydroxylation is 2. The van der Waals surface area contributed by atoms with Crippen molar-refractivity contribution in [2.24, 2.45) is 0 Å². The van der Waals surface area contributed by atoms with Crippen LogP contribution in [0.1, 0.15) is 21.5 Å². The molecule has 1 N–H and O–H groups in total. The van der Waals surface area contributed by atoms with Gasteiger partial charge in [-0.3, -0.25) is 10.1 Å². The maximum atomic E-state index is 12.4. The summed E-state index contributed by atoms with van der Waals surface area (Å²) >= 11 is 1.51. The summed E-state index contributed by atoms with van der Waals surface area (Å²) in [6.45, 7) is 4.02. The van der Waals surface area contributed by atoms with Gasteiger partial charge in [-0.1, -0.05) is 34.4 Å². The second-order valence-corrected chi connectivity index (χ2v) is 6.29. The summed E-state index contributed by atoms with van der Waals surface area (Å²) in [4.78, 5) is 13.3. The van der Waals surface area contributed by atoms with Gasteiger partial charge in [0.15, 0.2) is 0 Å². The molecule has 3 aromatic rings. The van der Waals surface area contributed by atoms with Gasteiger partial charge in [-0.15, -0.1) is 16.9 Å². The first-order valence-corrected chi connectivity index (χ1v) is 8.66. The van der Waals surface area contributed by atoms with Gasteiger partial charge in [0.2, 0.25) is 5.89 Å². The van der Waals surface area contributed by atoms with E-state index < -0.39 is 0 Å². The van der Waals surface area contributed by atoms with Crippen LogP contribution in [0.4, 0.5) is 6.01 Å². The number of rotatable bonds is 4. The molecule has 0 aliphatic carbocycles. The average Bonchev–Trinajstić information content (AvgIpc) is 3.02. The van der Waals surface area contributed by atoms with Crippen molar-refractivity contribution in [2.45, 2.75) is 18.7 Å². The zero-order valence-corrected chi connectivity index (χ0v) is 14.5. The van der Waals surface area contributed by atoms with E-state index in [4.69, 9.17) is 4.42 Å². The van der Waals surface area contributed by atoms with Crippen LogP contribution < -0.4 is 5.32 Å². The summed E-state index contributed by atoms with van der Waals surface area (Å²) in [6, 6.07) is 13.5. The Morgan fingerprint density at radius 2 is 1.79 bits per heavy atom. The number of amides is 1. The Bertz CT molecular complexity index is 869. The largest absolute Gasteiger partial charge is 0.403 e. The molecular formula is C18H17N3O2S. The normalized spacial score (nSPS) is 10.6. The van der Waals surface area contributed by atoms with Gasteiger partial charge in [0.05, 0.1) is 5.56 Å². The Morgan fingerprint density at radius 1 is 1.08 bits per heavy atom. The van der Waals surface area contributed by atoms with Gasteiger partial charge in [0, 0.05) is 10.5 Å². The molecule has 2 aromatic carbocycles. The minimum absolute atomic E-state index is 0.0880. The number of carbonyl (C=O) groups excluding carboxylic acids is 1. The Labute approximate surface area is 144 Å². The molecule has 1 aromatic heterocycles. The van der Waals surface area contributed by atoms with Crippen LogP contribution in [-0.4, -0.2) is 22.4 Å². The van der Waals surface area contributed by atoms with Gasteiger partial charge < -0.3 is 4.42 Å². The van der Waals surface area contributed by atoms with Crippen molar-refractivity contribution in [1.82, 2.24) is 10.2 Å². The van der Waals surface area contributed by atoms with Crippen molar-refractivity contribution < 1.29 is 9.21 Å². The Hall–Kier alpha value is -2.60. The predicted octanol–water partition coefficient (Wildman–Crippen LogP) is 4.33. The van der Waals surface area contributed by atoms with E-state index in [2.05, 4.69) is 21.6 Å². The van der Waals surface area contributed by atoms with E-state index in [0.717, 1.165) is 21.6 Å². The van der Waals surface area contributed by atoms with Crippen LogP contribution in [0.3, 0.4) is 0 Å². The van der Waals surface area contributed by atoms with E-state index in [9.17, 15) is 4.79 Å². The average molecular weight is 339 g/mol. The first-order chi connectivity index (χ1) is 11.6. The van der Waals surface area contributed by atoms with Crippen molar-refractivity contribution in [1.29, 1.82) is 0 Å². The minimum atomic E-state index is -0.268. The summed E-state index contributed by atoms with van der Waals surface area (Å²) in [6.07, 6.45) is 1.93. The fraction of sp³-hybridized carbons (Fsp3) is 0.167. The number of nitrogens with zero attached hydrogens (tertiary/aromatic N) is 2. The number of hydrogen-bond acceptors (Lipinski definition) is 5. The van der Waals surface area contributed by atoms with E-state index in [1.807, 2.05) is 50.4 Å². The second kappa shape index (κ2) is 6.88. The highest BCUT2D eigenvalue weighted by Crippen LogP contribution is 2.24. The molecule has 1 amide bonds. The van der Waals surface area contributed by atoms with Crippen LogP contribution in [0.25, 0.3) is 11.5 Å². The standard InChI is InChI=1S/C18H17N3O2S/c1-11-8-12(2)10-13(9-11)17-20-21-18(23-17)19-16(22)14-6-4-5-7-15(14)24-3/h4-10H,1-3H3,(H,19,21,22). The van der Waals surface area contributed by atoms with Crippen molar-refractivity contribution in [2.75, 3.05) is 11.6 Å². The van der Waals surface area contributed by atoms with Gasteiger partial charge in [-0.25, -0.2) is 0 Å². The first-order valence-electron chi connectivity index (χ1n) is 7.43. The number of hydrogen-bond donors (Lipinski definition) is 1. The number of carbonyl (C=O) groups is 1. The molecule has 0 aliphatic rings. The number of thioether (sulfide) groups is 1. The Kier molecular flexibility index (Phi) is 4.66. The molecule has 3 rings (SSSR count). The maximum absolute atomic E-state index is 12.4. The minimum Gasteiger partial charge on any atom is -0.403 e. The van der Waals surface area contributed by atoms with Crippen molar-refractivity contribution >= 4 is 23.7 Å². The van der Waals surface area contributed by atoms with Crippen LogP contribution in [0, 0.1) is 13.8 Å². The highest BCUT2D eigenvalue weighted by atomic mass is 32.2. The lowest BCUT2D eigenvalue weighted by Gasteiger charge is -2.05. The molecule has 5 nitrogen and oxygen atoms in total. The monoisotopic (exact) mass is 339 g/mol. The highest BCUT2D eigenvalue weighted by Gasteiger charge is 2.15. The summed E-state index contributed by atoms with van der Waals surface area (Å²) in [5.41, 5.74) is 3.64. The topological polar surface area (TPSA) is 68.0 Å². The maximum Gasteiger partial charge on any atom is 0.322 e. The van der Waals surface area contributed by atoms with Crippen LogP contribution in [0.5, 0.6) is 0 Å². The molecule has 0 spiro atoms. The first kappa shape index (κ1) is 16.3. The molecule has 0 fully saturated rings. The van der Waals surface area contributed by atoms with Crippen molar-refractivity contribution in [3.8, 4) is 11.5 Å². The molecule has 6 heteroatoms. The zero-order valence-electron chi connectivity index (χ0n) is 13.7. The van der Waals surface area contributed by atoms with Crippen molar-refractivity contribution in [3.63, 3.8) is 0 Å². The van der Waals surface area contributed by atoms with Crippen LogP contribution in [0.2, 0.25) is 0 Å². The molecule has 0 saturated carbocycles. The fourth-order valence-corrected chi connectivity index (χ4v) is 3.08. The molecule has 0 saturated heterocycles. The Balaban J connectivity index is 1.82. The lowest BCUT2D eigenvalue weighted by atomic mass is 10.1. The Morgan fingerprint density at radius 3 is 2.50 bits per heavy atom. The van der Waals surface area contributed by atoms with Gasteiger partial charge in [0.1, 0.15) is 0 Å². The molecule has 0 unspecified atom stereocenters. The predicted molar refractivity (Wildman–Crippen MR) is 95.4 cm³/mol. The lowest BCUT2D eigenvalue weighted by Crippen LogP contribution is -2.13. The van der Waals surface area contributed by atoms with Crippen LogP contribution in [0.15, 0.2) is 51.8 Å². The van der Waals surface area contributed by atoms with E-state index in [0.29, 0.717) is 11.5 Å². The summed E-state index contributed by atoms with van der Waals surface area (Å²) < 4.78 is 5.58. The summed E-state index contributed by atoms with van der Waals surface area (Å²) in [7, 11) is 0. The molecule has 0 aliphatic heterocycles. The molecule has 24 heavy (non-hydrogen) atoms. The molecule has 0 atom stereocenters. The summed E-state index contributed by atoms with van der Waals surface area (Å²) in [5, 5.41) is 10.6. The van der Waals surface area contributed by atoms with Gasteiger partial charge >= 0.3 is 6.01 Å². The SMILES string of the molecule is CSc1ccccc1C(=O)Nc1nnc(-c2cc(C)cc(C)c2)o1. The molecule has 1 heterocycles. The van der Waals surface area contributed by atoms with Crippen LogP contribution >= 0.6 is 11.8 Å². The van der Waals surface area contributed by atoms with Crippen molar-refractivity contribution in [3.05, 3.63) is 59.2 Å². The van der Waals surface area contributed by atoms with E-state index in [-0.39, 0.29) is 11.9 Å². The number of aromatic nitrogens is 2. The molecule has 122 valence electrons. The third kappa shape index (κ3) is 3.49. The van der Waals surface area contributed by atoms with E-state index in [1.165, 1.54) is 11.8 Å². The van der Waals surface area contributed by atoms with E-state index in [1.54, 1.807) is 6.07 Å². The summed E-state index contributed by atoms with van der Waals surface area (Å²) in [5.74, 6) is 0.117. The zero-order chi connectivity index (χ0) is 17.1. The fourth-order valence-electron chi connectivity index (χ4n) is 2.49.